The third-order valence-corrected chi connectivity index (χ3v) is 3.69. The first-order chi connectivity index (χ1) is 12.1. The number of aryl methyl sites for hydroxylation is 1. The van der Waals surface area contributed by atoms with Gasteiger partial charge in [-0.2, -0.15) is 0 Å². The topological polar surface area (TPSA) is 69.0 Å². The van der Waals surface area contributed by atoms with Gasteiger partial charge >= 0.3 is 0 Å². The molecule has 0 unspecified atom stereocenters. The van der Waals surface area contributed by atoms with Crippen LogP contribution in [0.1, 0.15) is 21.6 Å². The minimum Gasteiger partial charge on any atom is -0.494 e. The smallest absolute Gasteiger partial charge is 0.273 e. The average molecular weight is 340 g/mol. The van der Waals surface area contributed by atoms with E-state index in [9.17, 15) is 9.18 Å². The summed E-state index contributed by atoms with van der Waals surface area (Å²) in [5.41, 5.74) is 2.76. The van der Waals surface area contributed by atoms with E-state index in [0.29, 0.717) is 5.56 Å². The molecule has 0 fully saturated rings. The largest absolute Gasteiger partial charge is 0.494 e. The van der Waals surface area contributed by atoms with Gasteiger partial charge in [0, 0.05) is 6.54 Å². The Hall–Kier alpha value is -3.22. The Morgan fingerprint density at radius 1 is 1.24 bits per heavy atom. The molecule has 1 heterocycles. The van der Waals surface area contributed by atoms with Gasteiger partial charge in [0.1, 0.15) is 0 Å². The summed E-state index contributed by atoms with van der Waals surface area (Å²) < 4.78 is 20.0. The highest BCUT2D eigenvalue weighted by molar-refractivity contribution is 5.91. The molecule has 0 saturated heterocycles. The molecule has 6 nitrogen and oxygen atoms in total. The number of carbonyl (C=O) groups is 1. The molecule has 1 amide bonds. The molecule has 128 valence electrons. The first kappa shape index (κ1) is 16.6. The molecule has 2 aromatic carbocycles. The van der Waals surface area contributed by atoms with Crippen molar-refractivity contribution in [2.45, 2.75) is 13.5 Å². The second-order valence-electron chi connectivity index (χ2n) is 5.54. The van der Waals surface area contributed by atoms with Gasteiger partial charge in [-0.05, 0) is 36.8 Å². The minimum absolute atomic E-state index is 0.163. The minimum atomic E-state index is -0.473. The Bertz CT molecular complexity index is 890. The van der Waals surface area contributed by atoms with E-state index in [1.165, 1.54) is 23.9 Å². The number of hydrogen-bond donors (Lipinski definition) is 1. The van der Waals surface area contributed by atoms with E-state index in [2.05, 4.69) is 15.6 Å². The number of hydrogen-bond acceptors (Lipinski definition) is 4. The second kappa shape index (κ2) is 7.12. The Morgan fingerprint density at radius 3 is 2.68 bits per heavy atom. The van der Waals surface area contributed by atoms with Gasteiger partial charge in [0.15, 0.2) is 17.3 Å². The maximum absolute atomic E-state index is 13.7. The number of ether oxygens (including phenoxy) is 1. The van der Waals surface area contributed by atoms with Crippen molar-refractivity contribution in [3.05, 3.63) is 71.3 Å². The molecular weight excluding hydrogens is 323 g/mol. The van der Waals surface area contributed by atoms with Crippen LogP contribution in [0.4, 0.5) is 4.39 Å². The van der Waals surface area contributed by atoms with Gasteiger partial charge in [-0.15, -0.1) is 5.10 Å². The van der Waals surface area contributed by atoms with E-state index >= 15 is 0 Å². The van der Waals surface area contributed by atoms with E-state index in [0.717, 1.165) is 11.3 Å². The van der Waals surface area contributed by atoms with Gasteiger partial charge < -0.3 is 10.1 Å². The molecule has 3 rings (SSSR count). The summed E-state index contributed by atoms with van der Waals surface area (Å²) in [4.78, 5) is 12.2. The zero-order chi connectivity index (χ0) is 17.8. The number of benzene rings is 2. The predicted octanol–water partition coefficient (Wildman–Crippen LogP) is 2.65. The maximum Gasteiger partial charge on any atom is 0.273 e. The second-order valence-corrected chi connectivity index (χ2v) is 5.54. The van der Waals surface area contributed by atoms with Crippen molar-refractivity contribution >= 4 is 5.91 Å². The first-order valence-corrected chi connectivity index (χ1v) is 7.67. The lowest BCUT2D eigenvalue weighted by atomic mass is 10.2. The lowest BCUT2D eigenvalue weighted by Gasteiger charge is -2.06. The Morgan fingerprint density at radius 2 is 2.00 bits per heavy atom. The van der Waals surface area contributed by atoms with Crippen LogP contribution < -0.4 is 10.1 Å². The Balaban J connectivity index is 1.66. The van der Waals surface area contributed by atoms with Gasteiger partial charge in [-0.3, -0.25) is 4.79 Å². The number of aromatic nitrogens is 3. The van der Waals surface area contributed by atoms with Gasteiger partial charge in [0.05, 0.1) is 19.0 Å². The summed E-state index contributed by atoms with van der Waals surface area (Å²) in [5, 5.41) is 10.5. The van der Waals surface area contributed by atoms with Crippen molar-refractivity contribution < 1.29 is 13.9 Å². The normalized spacial score (nSPS) is 10.5. The van der Waals surface area contributed by atoms with Gasteiger partial charge in [-0.25, -0.2) is 9.07 Å². The molecule has 0 aliphatic heterocycles. The molecule has 3 aromatic rings. The number of carbonyl (C=O) groups excluding carboxylic acids is 1. The molecule has 0 radical (unpaired) electrons. The summed E-state index contributed by atoms with van der Waals surface area (Å²) in [7, 11) is 1.40. The summed E-state index contributed by atoms with van der Waals surface area (Å²) in [6.07, 6.45) is 1.55. The fourth-order valence-electron chi connectivity index (χ4n) is 2.28. The SMILES string of the molecule is COc1ccc(CNC(=O)c2cn(-c3ccc(C)cc3)nn2)cc1F. The van der Waals surface area contributed by atoms with Crippen LogP contribution in [0, 0.1) is 12.7 Å². The average Bonchev–Trinajstić information content (AvgIpc) is 3.10. The van der Waals surface area contributed by atoms with Crippen LogP contribution in [-0.2, 0) is 6.54 Å². The molecule has 0 bridgehead atoms. The molecule has 0 aliphatic carbocycles. The molecule has 0 saturated carbocycles. The molecular formula is C18H17FN4O2. The fraction of sp³-hybridized carbons (Fsp3) is 0.167. The lowest BCUT2D eigenvalue weighted by Crippen LogP contribution is -2.23. The van der Waals surface area contributed by atoms with E-state index in [-0.39, 0.29) is 23.9 Å². The highest BCUT2D eigenvalue weighted by Gasteiger charge is 2.12. The van der Waals surface area contributed by atoms with E-state index in [4.69, 9.17) is 4.74 Å². The van der Waals surface area contributed by atoms with Crippen molar-refractivity contribution in [1.82, 2.24) is 20.3 Å². The van der Waals surface area contributed by atoms with Gasteiger partial charge in [-0.1, -0.05) is 29.0 Å². The first-order valence-electron chi connectivity index (χ1n) is 7.67. The standard InChI is InChI=1S/C18H17FN4O2/c1-12-3-6-14(7-4-12)23-11-16(21-22-23)18(24)20-10-13-5-8-17(25-2)15(19)9-13/h3-9,11H,10H2,1-2H3,(H,20,24). The molecule has 1 aromatic heterocycles. The fourth-order valence-corrected chi connectivity index (χ4v) is 2.28. The van der Waals surface area contributed by atoms with E-state index in [1.54, 1.807) is 12.3 Å². The van der Waals surface area contributed by atoms with Crippen LogP contribution in [0.3, 0.4) is 0 Å². The van der Waals surface area contributed by atoms with Crippen LogP contribution in [-0.4, -0.2) is 28.0 Å². The monoisotopic (exact) mass is 340 g/mol. The number of amides is 1. The molecule has 1 N–H and O–H groups in total. The van der Waals surface area contributed by atoms with Crippen molar-refractivity contribution in [3.8, 4) is 11.4 Å². The van der Waals surface area contributed by atoms with Crippen molar-refractivity contribution in [2.24, 2.45) is 0 Å². The van der Waals surface area contributed by atoms with E-state index in [1.807, 2.05) is 31.2 Å². The quantitative estimate of drug-likeness (QED) is 0.775. The number of methoxy groups -OCH3 is 1. The predicted molar refractivity (Wildman–Crippen MR) is 90.2 cm³/mol. The van der Waals surface area contributed by atoms with Crippen molar-refractivity contribution in [3.63, 3.8) is 0 Å². The third kappa shape index (κ3) is 3.82. The Labute approximate surface area is 144 Å². The van der Waals surface area contributed by atoms with Crippen molar-refractivity contribution in [2.75, 3.05) is 7.11 Å². The van der Waals surface area contributed by atoms with Crippen LogP contribution in [0.5, 0.6) is 5.75 Å². The van der Waals surface area contributed by atoms with Crippen LogP contribution in [0.15, 0.2) is 48.7 Å². The van der Waals surface area contributed by atoms with Gasteiger partial charge in [0.25, 0.3) is 5.91 Å². The molecule has 0 aliphatic rings. The Kier molecular flexibility index (Phi) is 4.74. The summed E-state index contributed by atoms with van der Waals surface area (Å²) in [6.45, 7) is 2.17. The van der Waals surface area contributed by atoms with Gasteiger partial charge in [0.2, 0.25) is 0 Å². The molecule has 0 atom stereocenters. The lowest BCUT2D eigenvalue weighted by molar-refractivity contribution is 0.0946. The zero-order valence-electron chi connectivity index (χ0n) is 13.9. The molecule has 0 spiro atoms. The molecule has 7 heteroatoms. The van der Waals surface area contributed by atoms with E-state index < -0.39 is 5.82 Å². The summed E-state index contributed by atoms with van der Waals surface area (Å²) in [6, 6.07) is 12.2. The van der Waals surface area contributed by atoms with Crippen LogP contribution >= 0.6 is 0 Å². The highest BCUT2D eigenvalue weighted by Crippen LogP contribution is 2.17. The third-order valence-electron chi connectivity index (χ3n) is 3.69. The van der Waals surface area contributed by atoms with Crippen LogP contribution in [0.25, 0.3) is 5.69 Å². The van der Waals surface area contributed by atoms with Crippen LogP contribution in [0.2, 0.25) is 0 Å². The number of nitrogens with one attached hydrogen (secondary N) is 1. The molecule has 25 heavy (non-hydrogen) atoms. The zero-order valence-corrected chi connectivity index (χ0v) is 13.9. The number of halogens is 1. The number of nitrogens with zero attached hydrogens (tertiary/aromatic N) is 3. The maximum atomic E-state index is 13.7. The highest BCUT2D eigenvalue weighted by atomic mass is 19.1. The number of rotatable bonds is 5. The van der Waals surface area contributed by atoms with Crippen molar-refractivity contribution in [1.29, 1.82) is 0 Å². The summed E-state index contributed by atoms with van der Waals surface area (Å²) >= 11 is 0. The summed E-state index contributed by atoms with van der Waals surface area (Å²) in [5.74, 6) is -0.690.